The molecule has 0 aromatic heterocycles. The molecule has 6 heteroatoms. The standard InChI is InChI=1S/Cs.4FH.H3P/h;4*1H;1H3/q+1;;;;;/p-1. The van der Waals surface area contributed by atoms with Crippen LogP contribution in [0.3, 0.4) is 0 Å². The molecule has 0 aliphatic carbocycles. The maximum absolute atomic E-state index is 0. The van der Waals surface area contributed by atoms with Crippen molar-refractivity contribution in [1.29, 1.82) is 0 Å². The van der Waals surface area contributed by atoms with E-state index in [4.69, 9.17) is 0 Å². The first kappa shape index (κ1) is 87.7. The fraction of sp³-hybridized carbons (Fsp3) is 0. The Labute approximate surface area is 95.3 Å². The van der Waals surface area contributed by atoms with Crippen LogP contribution in [0.5, 0.6) is 0 Å². The minimum Gasteiger partial charge on any atom is -1.00 e. The van der Waals surface area contributed by atoms with Crippen molar-refractivity contribution in [3.63, 3.8) is 0 Å². The largest absolute Gasteiger partial charge is 1.00 e. The van der Waals surface area contributed by atoms with Crippen LogP contribution in [0.1, 0.15) is 0 Å². The van der Waals surface area contributed by atoms with Crippen LogP contribution in [-0.2, 0) is 0 Å². The molecule has 0 bridgehead atoms. The molecule has 0 heterocycles. The number of hydrogen-bond acceptors (Lipinski definition) is 0. The van der Waals surface area contributed by atoms with Gasteiger partial charge in [0.1, 0.15) is 0 Å². The van der Waals surface area contributed by atoms with Crippen LogP contribution in [0.25, 0.3) is 0 Å². The van der Waals surface area contributed by atoms with Crippen molar-refractivity contribution < 1.29 is 87.7 Å². The predicted molar refractivity (Wildman–Crippen MR) is 18.6 cm³/mol. The van der Waals surface area contributed by atoms with Crippen molar-refractivity contribution in [2.75, 3.05) is 0 Å². The van der Waals surface area contributed by atoms with Gasteiger partial charge in [-0.25, -0.2) is 0 Å². The third-order valence-corrected chi connectivity index (χ3v) is 0. The molecular formula is H6CsF4P. The van der Waals surface area contributed by atoms with Gasteiger partial charge < -0.3 is 4.70 Å². The molecule has 1 atom stereocenters. The zero-order chi connectivity index (χ0) is 0. The van der Waals surface area contributed by atoms with Gasteiger partial charge in [-0.1, -0.05) is 0 Å². The number of rotatable bonds is 0. The molecule has 0 nitrogen and oxygen atoms in total. The summed E-state index contributed by atoms with van der Waals surface area (Å²) in [5, 5.41) is 0. The summed E-state index contributed by atoms with van der Waals surface area (Å²) in [5.74, 6) is 0. The van der Waals surface area contributed by atoms with E-state index in [-0.39, 0.29) is 97.6 Å². The molecule has 0 rings (SSSR count). The second-order valence-corrected chi connectivity index (χ2v) is 0. The van der Waals surface area contributed by atoms with Crippen molar-refractivity contribution in [3.05, 3.63) is 0 Å². The monoisotopic (exact) mass is 246 g/mol. The van der Waals surface area contributed by atoms with Crippen LogP contribution in [0, 0.1) is 0 Å². The van der Waals surface area contributed by atoms with Crippen LogP contribution in [-0.4, -0.2) is 0 Å². The van der Waals surface area contributed by atoms with Gasteiger partial charge in [0.15, 0.2) is 0 Å². The van der Waals surface area contributed by atoms with Crippen molar-refractivity contribution in [2.45, 2.75) is 0 Å². The molecule has 0 radical (unpaired) electrons. The summed E-state index contributed by atoms with van der Waals surface area (Å²) < 4.78 is 0. The predicted octanol–water partition coefficient (Wildman–Crippen LogP) is -5.48. The Morgan fingerprint density at radius 2 is 0.667 bits per heavy atom. The first-order valence-corrected chi connectivity index (χ1v) is 0. The topological polar surface area (TPSA) is 0 Å². The summed E-state index contributed by atoms with van der Waals surface area (Å²) in [6, 6.07) is 0. The molecule has 0 aliphatic rings. The molecule has 0 saturated carbocycles. The van der Waals surface area contributed by atoms with Gasteiger partial charge in [0.2, 0.25) is 0 Å². The molecule has 1 unspecified atom stereocenters. The van der Waals surface area contributed by atoms with E-state index in [9.17, 15) is 0 Å². The minimum atomic E-state index is 0. The summed E-state index contributed by atoms with van der Waals surface area (Å²) in [7, 11) is 0. The van der Waals surface area contributed by atoms with Crippen LogP contribution in [0.2, 0.25) is 0 Å². The molecule has 0 fully saturated rings. The molecule has 0 aromatic rings. The van der Waals surface area contributed by atoms with Crippen LogP contribution >= 0.6 is 9.90 Å². The average Bonchev–Trinajstić information content (AvgIpc) is 0. The van der Waals surface area contributed by atoms with Crippen LogP contribution in [0.4, 0.5) is 14.1 Å². The number of hydrogen-bond donors (Lipinski definition) is 0. The van der Waals surface area contributed by atoms with Gasteiger partial charge in [0.05, 0.1) is 0 Å². The van der Waals surface area contributed by atoms with Crippen molar-refractivity contribution in [2.24, 2.45) is 0 Å². The number of halogens is 4. The maximum Gasteiger partial charge on any atom is 1.00 e. The van der Waals surface area contributed by atoms with Gasteiger partial charge in [-0.15, -0.1) is 0 Å². The van der Waals surface area contributed by atoms with E-state index in [0.717, 1.165) is 0 Å². The summed E-state index contributed by atoms with van der Waals surface area (Å²) in [6.07, 6.45) is 0. The molecular weight excluding hydrogens is 240 g/mol. The third kappa shape index (κ3) is 34.6. The molecule has 0 aromatic carbocycles. The molecule has 40 valence electrons. The fourth-order valence-electron chi connectivity index (χ4n) is 0. The van der Waals surface area contributed by atoms with E-state index in [1.807, 2.05) is 0 Å². The van der Waals surface area contributed by atoms with Crippen molar-refractivity contribution in [3.8, 4) is 0 Å². The summed E-state index contributed by atoms with van der Waals surface area (Å²) in [5.41, 5.74) is 0. The second kappa shape index (κ2) is 57.1. The van der Waals surface area contributed by atoms with Gasteiger partial charge in [0.25, 0.3) is 0 Å². The second-order valence-electron chi connectivity index (χ2n) is 0. The maximum atomic E-state index is 0. The Morgan fingerprint density at radius 1 is 0.667 bits per heavy atom. The normalized spacial score (nSPS) is 0. The summed E-state index contributed by atoms with van der Waals surface area (Å²) in [6.45, 7) is 0. The Bertz CT molecular complexity index is 7.51. The van der Waals surface area contributed by atoms with Crippen LogP contribution < -0.4 is 73.6 Å². The third-order valence-electron chi connectivity index (χ3n) is 0. The van der Waals surface area contributed by atoms with E-state index in [1.165, 1.54) is 0 Å². The molecule has 0 N–H and O–H groups in total. The van der Waals surface area contributed by atoms with E-state index < -0.39 is 0 Å². The molecule has 0 amide bonds. The van der Waals surface area contributed by atoms with Crippen LogP contribution in [0.15, 0.2) is 0 Å². The van der Waals surface area contributed by atoms with E-state index in [2.05, 4.69) is 0 Å². The fourth-order valence-corrected chi connectivity index (χ4v) is 0. The van der Waals surface area contributed by atoms with Gasteiger partial charge >= 0.3 is 68.9 Å². The molecule has 0 aliphatic heterocycles. The van der Waals surface area contributed by atoms with Gasteiger partial charge in [0, 0.05) is 0 Å². The minimum absolute atomic E-state index is 0. The average molecular weight is 246 g/mol. The smallest absolute Gasteiger partial charge is 1.00 e. The Morgan fingerprint density at radius 3 is 0.667 bits per heavy atom. The van der Waals surface area contributed by atoms with Crippen molar-refractivity contribution in [1.82, 2.24) is 0 Å². The first-order valence-electron chi connectivity index (χ1n) is 0. The Kier molecular flexibility index (Phi) is 835. The van der Waals surface area contributed by atoms with E-state index in [1.54, 1.807) is 0 Å². The zero-order valence-electron chi connectivity index (χ0n) is 3.31. The Hall–Kier alpha value is 2.20. The molecule has 6 heavy (non-hydrogen) atoms. The first-order chi connectivity index (χ1) is 0. The quantitative estimate of drug-likeness (QED) is 0.295. The Balaban J connectivity index is 0. The summed E-state index contributed by atoms with van der Waals surface area (Å²) in [4.78, 5) is 0. The van der Waals surface area contributed by atoms with Gasteiger partial charge in [-0.3, -0.25) is 14.1 Å². The van der Waals surface area contributed by atoms with E-state index >= 15 is 0 Å². The van der Waals surface area contributed by atoms with Gasteiger partial charge in [-0.05, 0) is 0 Å². The molecule has 0 spiro atoms. The summed E-state index contributed by atoms with van der Waals surface area (Å²) >= 11 is 0. The van der Waals surface area contributed by atoms with E-state index in [0.29, 0.717) is 0 Å². The molecule has 0 saturated heterocycles. The SMILES string of the molecule is F.F.F.P.[Cs+].[F-]. The van der Waals surface area contributed by atoms with Crippen molar-refractivity contribution >= 4 is 9.90 Å². The van der Waals surface area contributed by atoms with Gasteiger partial charge in [-0.2, -0.15) is 9.90 Å². The zero-order valence-corrected chi connectivity index (χ0v) is 11.0.